The van der Waals surface area contributed by atoms with Crippen molar-refractivity contribution in [3.63, 3.8) is 0 Å². The molecule has 1 fully saturated rings. The van der Waals surface area contributed by atoms with Crippen molar-refractivity contribution in [2.75, 3.05) is 0 Å². The molecule has 2 rings (SSSR count). The Morgan fingerprint density at radius 1 is 1.43 bits per heavy atom. The maximum Gasteiger partial charge on any atom is 0.133 e. The van der Waals surface area contributed by atoms with Gasteiger partial charge in [0.1, 0.15) is 5.78 Å². The highest BCUT2D eigenvalue weighted by atomic mass is 16.3. The van der Waals surface area contributed by atoms with Crippen LogP contribution in [0.5, 0.6) is 0 Å². The number of furan rings is 1. The second-order valence-corrected chi connectivity index (χ2v) is 4.38. The Morgan fingerprint density at radius 3 is 2.86 bits per heavy atom. The SMILES string of the molecule is Cc1cocc1C1CC(=O)CCC1C. The lowest BCUT2D eigenvalue weighted by atomic mass is 9.76. The topological polar surface area (TPSA) is 30.2 Å². The average molecular weight is 192 g/mol. The van der Waals surface area contributed by atoms with Gasteiger partial charge in [0, 0.05) is 12.8 Å². The van der Waals surface area contributed by atoms with Crippen LogP contribution < -0.4 is 0 Å². The normalized spacial score (nSPS) is 28.0. The summed E-state index contributed by atoms with van der Waals surface area (Å²) in [7, 11) is 0. The van der Waals surface area contributed by atoms with E-state index in [1.807, 2.05) is 6.92 Å². The number of carbonyl (C=O) groups excluding carboxylic acids is 1. The minimum Gasteiger partial charge on any atom is -0.472 e. The van der Waals surface area contributed by atoms with Gasteiger partial charge in [0.05, 0.1) is 12.5 Å². The van der Waals surface area contributed by atoms with Crippen molar-refractivity contribution in [1.82, 2.24) is 0 Å². The summed E-state index contributed by atoms with van der Waals surface area (Å²) in [5, 5.41) is 0. The van der Waals surface area contributed by atoms with Crippen molar-refractivity contribution in [1.29, 1.82) is 0 Å². The highest BCUT2D eigenvalue weighted by Gasteiger charge is 2.29. The van der Waals surface area contributed by atoms with Crippen molar-refractivity contribution in [3.05, 3.63) is 23.7 Å². The van der Waals surface area contributed by atoms with Gasteiger partial charge in [-0.1, -0.05) is 6.92 Å². The fourth-order valence-electron chi connectivity index (χ4n) is 2.31. The number of aryl methyl sites for hydroxylation is 1. The third kappa shape index (κ3) is 1.61. The second kappa shape index (κ2) is 3.60. The lowest BCUT2D eigenvalue weighted by Gasteiger charge is -2.27. The molecule has 0 aromatic carbocycles. The van der Waals surface area contributed by atoms with Gasteiger partial charge in [-0.3, -0.25) is 4.79 Å². The van der Waals surface area contributed by atoms with E-state index >= 15 is 0 Å². The summed E-state index contributed by atoms with van der Waals surface area (Å²) >= 11 is 0. The third-order valence-corrected chi connectivity index (χ3v) is 3.31. The Labute approximate surface area is 84.3 Å². The molecule has 1 aromatic rings. The molecular weight excluding hydrogens is 176 g/mol. The van der Waals surface area contributed by atoms with Gasteiger partial charge in [-0.05, 0) is 36.3 Å². The predicted molar refractivity (Wildman–Crippen MR) is 54.2 cm³/mol. The van der Waals surface area contributed by atoms with Gasteiger partial charge in [0.25, 0.3) is 0 Å². The first-order valence-electron chi connectivity index (χ1n) is 5.23. The zero-order valence-corrected chi connectivity index (χ0v) is 8.75. The van der Waals surface area contributed by atoms with E-state index in [0.29, 0.717) is 24.0 Å². The van der Waals surface area contributed by atoms with Gasteiger partial charge < -0.3 is 4.42 Å². The van der Waals surface area contributed by atoms with E-state index in [0.717, 1.165) is 12.8 Å². The smallest absolute Gasteiger partial charge is 0.133 e. The van der Waals surface area contributed by atoms with E-state index in [1.165, 1.54) is 11.1 Å². The second-order valence-electron chi connectivity index (χ2n) is 4.38. The summed E-state index contributed by atoms with van der Waals surface area (Å²) in [5.41, 5.74) is 2.40. The Kier molecular flexibility index (Phi) is 2.44. The largest absolute Gasteiger partial charge is 0.472 e. The molecule has 1 heterocycles. The van der Waals surface area contributed by atoms with Crippen LogP contribution in [0.15, 0.2) is 16.9 Å². The van der Waals surface area contributed by atoms with E-state index in [2.05, 4.69) is 6.92 Å². The molecule has 0 bridgehead atoms. The van der Waals surface area contributed by atoms with Gasteiger partial charge in [0.2, 0.25) is 0 Å². The van der Waals surface area contributed by atoms with E-state index in [4.69, 9.17) is 4.42 Å². The van der Waals surface area contributed by atoms with Crippen molar-refractivity contribution in [3.8, 4) is 0 Å². The molecule has 0 saturated heterocycles. The van der Waals surface area contributed by atoms with E-state index in [1.54, 1.807) is 12.5 Å². The Morgan fingerprint density at radius 2 is 2.21 bits per heavy atom. The fraction of sp³-hybridized carbons (Fsp3) is 0.583. The third-order valence-electron chi connectivity index (χ3n) is 3.31. The number of rotatable bonds is 1. The van der Waals surface area contributed by atoms with E-state index in [9.17, 15) is 4.79 Å². The zero-order chi connectivity index (χ0) is 10.1. The molecule has 0 radical (unpaired) electrons. The van der Waals surface area contributed by atoms with E-state index in [-0.39, 0.29) is 0 Å². The van der Waals surface area contributed by atoms with Crippen molar-refractivity contribution >= 4 is 5.78 Å². The first kappa shape index (κ1) is 9.50. The van der Waals surface area contributed by atoms with Gasteiger partial charge in [-0.15, -0.1) is 0 Å². The molecule has 2 heteroatoms. The zero-order valence-electron chi connectivity index (χ0n) is 8.75. The number of ketones is 1. The number of hydrogen-bond donors (Lipinski definition) is 0. The van der Waals surface area contributed by atoms with Crippen LogP contribution in [0.1, 0.15) is 43.2 Å². The lowest BCUT2D eigenvalue weighted by Crippen LogP contribution is -2.21. The highest BCUT2D eigenvalue weighted by Crippen LogP contribution is 2.37. The van der Waals surface area contributed by atoms with Crippen LogP contribution >= 0.6 is 0 Å². The van der Waals surface area contributed by atoms with Crippen LogP contribution in [0.3, 0.4) is 0 Å². The summed E-state index contributed by atoms with van der Waals surface area (Å²) in [6.07, 6.45) is 6.04. The monoisotopic (exact) mass is 192 g/mol. The van der Waals surface area contributed by atoms with Crippen molar-refractivity contribution < 1.29 is 9.21 Å². The van der Waals surface area contributed by atoms with Gasteiger partial charge in [0.15, 0.2) is 0 Å². The summed E-state index contributed by atoms with van der Waals surface area (Å²) < 4.78 is 5.17. The minimum atomic E-state index is 0.384. The molecule has 0 aliphatic heterocycles. The molecule has 1 aromatic heterocycles. The first-order chi connectivity index (χ1) is 6.68. The summed E-state index contributed by atoms with van der Waals surface area (Å²) in [6.45, 7) is 4.27. The van der Waals surface area contributed by atoms with E-state index < -0.39 is 0 Å². The van der Waals surface area contributed by atoms with Crippen molar-refractivity contribution in [2.45, 2.75) is 39.0 Å². The summed E-state index contributed by atoms with van der Waals surface area (Å²) in [6, 6.07) is 0. The average Bonchev–Trinajstić information content (AvgIpc) is 2.56. The molecule has 1 aliphatic rings. The van der Waals surface area contributed by atoms with Gasteiger partial charge in [-0.25, -0.2) is 0 Å². The number of carbonyl (C=O) groups is 1. The molecule has 2 nitrogen and oxygen atoms in total. The Bertz CT molecular complexity index is 338. The molecule has 2 atom stereocenters. The fourth-order valence-corrected chi connectivity index (χ4v) is 2.31. The van der Waals surface area contributed by atoms with Crippen LogP contribution in [0.2, 0.25) is 0 Å². The van der Waals surface area contributed by atoms with Crippen LogP contribution in [0.25, 0.3) is 0 Å². The highest BCUT2D eigenvalue weighted by molar-refractivity contribution is 5.80. The quantitative estimate of drug-likeness (QED) is 0.684. The van der Waals surface area contributed by atoms with Crippen LogP contribution in [0.4, 0.5) is 0 Å². The maximum atomic E-state index is 11.4. The van der Waals surface area contributed by atoms with Crippen LogP contribution in [-0.2, 0) is 4.79 Å². The Balaban J connectivity index is 2.24. The first-order valence-corrected chi connectivity index (χ1v) is 5.23. The Hall–Kier alpha value is -1.05. The van der Waals surface area contributed by atoms with Crippen molar-refractivity contribution in [2.24, 2.45) is 5.92 Å². The maximum absolute atomic E-state index is 11.4. The van der Waals surface area contributed by atoms with Gasteiger partial charge >= 0.3 is 0 Å². The summed E-state index contributed by atoms with van der Waals surface area (Å²) in [4.78, 5) is 11.4. The molecule has 0 spiro atoms. The molecule has 0 amide bonds. The lowest BCUT2D eigenvalue weighted by molar-refractivity contribution is -0.121. The van der Waals surface area contributed by atoms with Gasteiger partial charge in [-0.2, -0.15) is 0 Å². The molecule has 2 unspecified atom stereocenters. The molecule has 14 heavy (non-hydrogen) atoms. The number of hydrogen-bond acceptors (Lipinski definition) is 2. The molecule has 1 aliphatic carbocycles. The molecule has 0 N–H and O–H groups in total. The standard InChI is InChI=1S/C12H16O2/c1-8-3-4-10(13)5-11(8)12-7-14-6-9(12)2/h6-8,11H,3-5H2,1-2H3. The van der Waals surface area contributed by atoms with Crippen LogP contribution in [0, 0.1) is 12.8 Å². The minimum absolute atomic E-state index is 0.384. The summed E-state index contributed by atoms with van der Waals surface area (Å²) in [5.74, 6) is 1.38. The molecule has 76 valence electrons. The van der Waals surface area contributed by atoms with Crippen LogP contribution in [-0.4, -0.2) is 5.78 Å². The predicted octanol–water partition coefficient (Wildman–Crippen LogP) is 3.06. The number of Topliss-reactive ketones (excluding diaryl/α,β-unsaturated/α-hetero) is 1. The molecule has 1 saturated carbocycles. The molecular formula is C12H16O2.